The number of hydrogen-bond donors (Lipinski definition) is 0. The lowest BCUT2D eigenvalue weighted by Gasteiger charge is -2.36. The number of rotatable bonds is 9. The average Bonchev–Trinajstić information content (AvgIpc) is 3.22. The molecule has 4 rings (SSSR count). The number of alkyl halides is 3. The van der Waals surface area contributed by atoms with Crippen LogP contribution in [0.2, 0.25) is 23.3 Å². The van der Waals surface area contributed by atoms with Gasteiger partial charge in [0, 0.05) is 36.5 Å². The third kappa shape index (κ3) is 6.90. The monoisotopic (exact) mass is 588 g/mol. The molecule has 0 aliphatic rings. The molecular formula is C31H36ClF3N2O2Si. The van der Waals surface area contributed by atoms with Crippen LogP contribution in [0.15, 0.2) is 60.9 Å². The van der Waals surface area contributed by atoms with Crippen molar-refractivity contribution in [2.24, 2.45) is 0 Å². The minimum Gasteiger partial charge on any atom is -0.457 e. The van der Waals surface area contributed by atoms with E-state index in [4.69, 9.17) is 20.8 Å². The van der Waals surface area contributed by atoms with Gasteiger partial charge >= 0.3 is 6.18 Å². The van der Waals surface area contributed by atoms with Gasteiger partial charge in [-0.1, -0.05) is 38.4 Å². The van der Waals surface area contributed by atoms with Crippen molar-refractivity contribution >= 4 is 30.8 Å². The molecule has 0 N–H and O–H groups in total. The quantitative estimate of drug-likeness (QED) is 0.111. The van der Waals surface area contributed by atoms with Gasteiger partial charge in [0.15, 0.2) is 8.32 Å². The Balaban J connectivity index is 1.56. The summed E-state index contributed by atoms with van der Waals surface area (Å²) in [4.78, 5) is 4.32. The van der Waals surface area contributed by atoms with E-state index < -0.39 is 20.1 Å². The first-order chi connectivity index (χ1) is 18.7. The molecule has 0 radical (unpaired) electrons. The van der Waals surface area contributed by atoms with E-state index >= 15 is 0 Å². The lowest BCUT2D eigenvalue weighted by molar-refractivity contribution is -0.137. The Morgan fingerprint density at radius 1 is 0.950 bits per heavy atom. The molecular weight excluding hydrogens is 553 g/mol. The van der Waals surface area contributed by atoms with Crippen LogP contribution >= 0.6 is 11.6 Å². The number of halogens is 4. The smallest absolute Gasteiger partial charge is 0.416 e. The molecule has 0 amide bonds. The standard InChI is InChI=1S/C31H36ClF3N2O2Si/c1-21-17-22(19-25(18-21)39-24-11-9-23(10-12-24)31(33,34)35)26-20-37(27-13-14-36-29(32)28(26)27)15-7-8-16-38-40(5,6)30(2,3)4/h9-14,17-20H,7-8,15-16H2,1-6H3. The predicted octanol–water partition coefficient (Wildman–Crippen LogP) is 10.3. The Bertz CT molecular complexity index is 1480. The molecule has 0 bridgehead atoms. The number of hydrogen-bond acceptors (Lipinski definition) is 3. The molecule has 40 heavy (non-hydrogen) atoms. The second-order valence-electron chi connectivity index (χ2n) is 11.7. The maximum atomic E-state index is 12.9. The number of aromatic nitrogens is 2. The van der Waals surface area contributed by atoms with Gasteiger partial charge in [0.25, 0.3) is 0 Å². The number of ether oxygens (including phenoxy) is 1. The Morgan fingerprint density at radius 2 is 1.65 bits per heavy atom. The van der Waals surface area contributed by atoms with E-state index in [2.05, 4.69) is 49.6 Å². The number of benzene rings is 2. The molecule has 0 atom stereocenters. The number of pyridine rings is 1. The summed E-state index contributed by atoms with van der Waals surface area (Å²) in [5.41, 5.74) is 3.04. The van der Waals surface area contributed by atoms with Gasteiger partial charge in [-0.3, -0.25) is 0 Å². The average molecular weight is 589 g/mol. The first-order valence-electron chi connectivity index (χ1n) is 13.4. The van der Waals surface area contributed by atoms with Crippen molar-refractivity contribution in [2.75, 3.05) is 6.61 Å². The Labute approximate surface area is 240 Å². The third-order valence-corrected chi connectivity index (χ3v) is 12.4. The minimum atomic E-state index is -4.39. The predicted molar refractivity (Wildman–Crippen MR) is 159 cm³/mol. The second-order valence-corrected chi connectivity index (χ2v) is 16.9. The first-order valence-corrected chi connectivity index (χ1v) is 16.7. The van der Waals surface area contributed by atoms with Crippen LogP contribution in [0.5, 0.6) is 11.5 Å². The molecule has 2 aromatic carbocycles. The van der Waals surface area contributed by atoms with Gasteiger partial charge in [-0.15, -0.1) is 0 Å². The van der Waals surface area contributed by atoms with E-state index in [-0.39, 0.29) is 5.04 Å². The fraction of sp³-hybridized carbons (Fsp3) is 0.387. The highest BCUT2D eigenvalue weighted by molar-refractivity contribution is 6.74. The molecule has 9 heteroatoms. The van der Waals surface area contributed by atoms with E-state index in [1.165, 1.54) is 12.1 Å². The van der Waals surface area contributed by atoms with Crippen molar-refractivity contribution in [1.29, 1.82) is 0 Å². The van der Waals surface area contributed by atoms with Crippen LogP contribution in [0.25, 0.3) is 22.0 Å². The van der Waals surface area contributed by atoms with Gasteiger partial charge in [0.2, 0.25) is 0 Å². The lowest BCUT2D eigenvalue weighted by atomic mass is 10.0. The summed E-state index contributed by atoms with van der Waals surface area (Å²) in [5, 5.41) is 1.46. The van der Waals surface area contributed by atoms with Gasteiger partial charge in [-0.25, -0.2) is 4.98 Å². The van der Waals surface area contributed by atoms with Crippen molar-refractivity contribution < 1.29 is 22.3 Å². The van der Waals surface area contributed by atoms with Gasteiger partial charge in [-0.05, 0) is 91.5 Å². The van der Waals surface area contributed by atoms with Crippen molar-refractivity contribution in [1.82, 2.24) is 9.55 Å². The highest BCUT2D eigenvalue weighted by atomic mass is 35.5. The summed E-state index contributed by atoms with van der Waals surface area (Å²) >= 11 is 6.60. The van der Waals surface area contributed by atoms with E-state index in [0.29, 0.717) is 16.7 Å². The Kier molecular flexibility index (Phi) is 8.73. The molecule has 0 unspecified atom stereocenters. The zero-order valence-corrected chi connectivity index (χ0v) is 25.6. The molecule has 4 aromatic rings. The summed E-state index contributed by atoms with van der Waals surface area (Å²) in [6.45, 7) is 14.8. The van der Waals surface area contributed by atoms with Crippen molar-refractivity contribution in [2.45, 2.75) is 71.4 Å². The maximum absolute atomic E-state index is 12.9. The van der Waals surface area contributed by atoms with Crippen LogP contribution in [0, 0.1) is 6.92 Å². The molecule has 2 aromatic heterocycles. The molecule has 0 saturated heterocycles. The van der Waals surface area contributed by atoms with Crippen LogP contribution in [-0.2, 0) is 17.1 Å². The third-order valence-electron chi connectivity index (χ3n) is 7.59. The van der Waals surface area contributed by atoms with Crippen LogP contribution < -0.4 is 4.74 Å². The SMILES string of the molecule is Cc1cc(Oc2ccc(C(F)(F)F)cc2)cc(-c2cn(CCCCO[Si](C)(C)C(C)(C)C)c3ccnc(Cl)c23)c1. The fourth-order valence-electron chi connectivity index (χ4n) is 4.35. The van der Waals surface area contributed by atoms with Crippen LogP contribution in [0.1, 0.15) is 44.7 Å². The maximum Gasteiger partial charge on any atom is 0.416 e. The first kappa shape index (κ1) is 30.2. The van der Waals surface area contributed by atoms with Crippen LogP contribution in [-0.4, -0.2) is 24.5 Å². The van der Waals surface area contributed by atoms with Gasteiger partial charge in [0.05, 0.1) is 11.1 Å². The minimum absolute atomic E-state index is 0.186. The summed E-state index contributed by atoms with van der Waals surface area (Å²) < 4.78 is 53.3. The highest BCUT2D eigenvalue weighted by Crippen LogP contribution is 2.39. The normalized spacial score (nSPS) is 12.8. The van der Waals surface area contributed by atoms with Crippen molar-refractivity contribution in [3.05, 3.63) is 77.2 Å². The summed E-state index contributed by atoms with van der Waals surface area (Å²) in [6, 6.07) is 12.4. The molecule has 0 spiro atoms. The molecule has 0 saturated carbocycles. The van der Waals surface area contributed by atoms with Gasteiger partial charge in [0.1, 0.15) is 16.7 Å². The van der Waals surface area contributed by atoms with Crippen LogP contribution in [0.3, 0.4) is 0 Å². The van der Waals surface area contributed by atoms with Crippen molar-refractivity contribution in [3.8, 4) is 22.6 Å². The summed E-state index contributed by atoms with van der Waals surface area (Å²) in [6.07, 6.45) is 1.31. The topological polar surface area (TPSA) is 36.3 Å². The fourth-order valence-corrected chi connectivity index (χ4v) is 5.69. The lowest BCUT2D eigenvalue weighted by Crippen LogP contribution is -2.40. The van der Waals surface area contributed by atoms with Crippen molar-refractivity contribution in [3.63, 3.8) is 0 Å². The van der Waals surface area contributed by atoms with E-state index in [0.717, 1.165) is 65.7 Å². The summed E-state index contributed by atoms with van der Waals surface area (Å²) in [5.74, 6) is 0.852. The van der Waals surface area contributed by atoms with Crippen LogP contribution in [0.4, 0.5) is 13.2 Å². The molecule has 4 nitrogen and oxygen atoms in total. The largest absolute Gasteiger partial charge is 0.457 e. The Hall–Kier alpha value is -2.81. The number of unbranched alkanes of at least 4 members (excludes halogenated alkanes) is 1. The van der Waals surface area contributed by atoms with E-state index in [1.807, 2.05) is 31.2 Å². The highest BCUT2D eigenvalue weighted by Gasteiger charge is 2.36. The van der Waals surface area contributed by atoms with Gasteiger partial charge < -0.3 is 13.7 Å². The molecule has 2 heterocycles. The zero-order chi connectivity index (χ0) is 29.3. The molecule has 0 fully saturated rings. The summed E-state index contributed by atoms with van der Waals surface area (Å²) in [7, 11) is -1.77. The Morgan fingerprint density at radius 3 is 2.30 bits per heavy atom. The molecule has 0 aliphatic heterocycles. The second kappa shape index (κ2) is 11.6. The molecule has 0 aliphatic carbocycles. The molecule has 214 valence electrons. The zero-order valence-electron chi connectivity index (χ0n) is 23.8. The number of aryl methyl sites for hydroxylation is 2. The van der Waals surface area contributed by atoms with Gasteiger partial charge in [-0.2, -0.15) is 13.2 Å². The van der Waals surface area contributed by atoms with E-state index in [9.17, 15) is 13.2 Å². The van der Waals surface area contributed by atoms with E-state index in [1.54, 1.807) is 6.20 Å². The number of nitrogens with zero attached hydrogens (tertiary/aromatic N) is 2. The number of fused-ring (bicyclic) bond motifs is 1.